The first kappa shape index (κ1) is 18.2. The SMILES string of the molecule is COC1CN=C(NCc2cc(O)c(N3CC(=O)NS3(=O)=O)c(F)c2)NC1. The normalized spacial score (nSPS) is 21.8. The lowest BCUT2D eigenvalue weighted by atomic mass is 10.1. The second-order valence-electron chi connectivity index (χ2n) is 5.76. The van der Waals surface area contributed by atoms with Gasteiger partial charge in [0.2, 0.25) is 0 Å². The molecule has 1 aromatic rings. The standard InChI is InChI=1S/C14H18FN5O5S/c1-25-9-5-17-14(18-6-9)16-4-8-2-10(15)13(11(21)3-8)20-7-12(22)19-26(20,23)24/h2-3,9,21H,4-7H2,1H3,(H,19,22)(H2,16,17,18). The number of carbonyl (C=O) groups is 1. The number of halogens is 1. The van der Waals surface area contributed by atoms with Gasteiger partial charge in [0, 0.05) is 20.2 Å². The van der Waals surface area contributed by atoms with E-state index >= 15 is 0 Å². The molecule has 1 atom stereocenters. The zero-order valence-electron chi connectivity index (χ0n) is 13.8. The minimum atomic E-state index is -4.21. The largest absolute Gasteiger partial charge is 0.506 e. The van der Waals surface area contributed by atoms with Crippen molar-refractivity contribution >= 4 is 27.8 Å². The molecule has 4 N–H and O–H groups in total. The lowest BCUT2D eigenvalue weighted by molar-refractivity contribution is -0.117. The van der Waals surface area contributed by atoms with Gasteiger partial charge in [-0.1, -0.05) is 0 Å². The molecule has 1 saturated heterocycles. The Bertz CT molecular complexity index is 836. The zero-order chi connectivity index (χ0) is 18.9. The van der Waals surface area contributed by atoms with Gasteiger partial charge in [-0.2, -0.15) is 8.42 Å². The lowest BCUT2D eigenvalue weighted by Gasteiger charge is -2.22. The first-order valence-corrected chi connectivity index (χ1v) is 9.14. The third-order valence-corrected chi connectivity index (χ3v) is 5.29. The third kappa shape index (κ3) is 3.65. The van der Waals surface area contributed by atoms with Crippen LogP contribution in [0.3, 0.4) is 0 Å². The molecule has 10 nitrogen and oxygen atoms in total. The van der Waals surface area contributed by atoms with E-state index in [1.165, 1.54) is 6.07 Å². The van der Waals surface area contributed by atoms with E-state index < -0.39 is 39.9 Å². The van der Waals surface area contributed by atoms with Gasteiger partial charge in [0.05, 0.1) is 12.6 Å². The number of guanidine groups is 1. The molecule has 0 aromatic heterocycles. The second-order valence-corrected chi connectivity index (χ2v) is 7.36. The molecule has 0 aliphatic carbocycles. The minimum absolute atomic E-state index is 0.0138. The summed E-state index contributed by atoms with van der Waals surface area (Å²) in [5.74, 6) is -1.83. The highest BCUT2D eigenvalue weighted by Gasteiger charge is 2.37. The number of nitrogens with zero attached hydrogens (tertiary/aromatic N) is 2. The number of benzene rings is 1. The quantitative estimate of drug-likeness (QED) is 0.509. The molecule has 1 unspecified atom stereocenters. The van der Waals surface area contributed by atoms with Crippen molar-refractivity contribution in [2.45, 2.75) is 12.6 Å². The number of hydrogen-bond acceptors (Lipinski definition) is 8. The van der Waals surface area contributed by atoms with Gasteiger partial charge < -0.3 is 20.5 Å². The van der Waals surface area contributed by atoms with Crippen molar-refractivity contribution in [3.8, 4) is 5.75 Å². The predicted molar refractivity (Wildman–Crippen MR) is 90.4 cm³/mol. The van der Waals surface area contributed by atoms with Gasteiger partial charge in [0.15, 0.2) is 11.8 Å². The number of nitrogens with one attached hydrogen (secondary N) is 3. The molecule has 0 radical (unpaired) electrons. The maximum absolute atomic E-state index is 14.4. The molecule has 0 spiro atoms. The highest BCUT2D eigenvalue weighted by Crippen LogP contribution is 2.34. The Morgan fingerprint density at radius 1 is 1.50 bits per heavy atom. The maximum atomic E-state index is 14.4. The number of amides is 1. The van der Waals surface area contributed by atoms with Crippen LogP contribution in [0, 0.1) is 5.82 Å². The van der Waals surface area contributed by atoms with E-state index in [2.05, 4.69) is 15.6 Å². The number of aromatic hydroxyl groups is 1. The Balaban J connectivity index is 1.74. The first-order valence-electron chi connectivity index (χ1n) is 7.70. The third-order valence-electron chi connectivity index (χ3n) is 3.92. The summed E-state index contributed by atoms with van der Waals surface area (Å²) in [6.45, 7) is 0.622. The van der Waals surface area contributed by atoms with E-state index in [4.69, 9.17) is 4.74 Å². The Morgan fingerprint density at radius 2 is 2.27 bits per heavy atom. The van der Waals surface area contributed by atoms with Gasteiger partial charge in [-0.15, -0.1) is 0 Å². The van der Waals surface area contributed by atoms with Crippen molar-refractivity contribution in [1.82, 2.24) is 15.4 Å². The molecule has 1 aromatic carbocycles. The van der Waals surface area contributed by atoms with E-state index in [9.17, 15) is 22.7 Å². The van der Waals surface area contributed by atoms with Gasteiger partial charge >= 0.3 is 10.2 Å². The molecule has 26 heavy (non-hydrogen) atoms. The summed E-state index contributed by atoms with van der Waals surface area (Å²) < 4.78 is 45.4. The number of phenolic OH excluding ortho intramolecular Hbond substituents is 1. The fraction of sp³-hybridized carbons (Fsp3) is 0.429. The number of methoxy groups -OCH3 is 1. The van der Waals surface area contributed by atoms with Crippen LogP contribution in [-0.4, -0.2) is 58.2 Å². The highest BCUT2D eigenvalue weighted by molar-refractivity contribution is 7.92. The van der Waals surface area contributed by atoms with Crippen molar-refractivity contribution in [1.29, 1.82) is 0 Å². The van der Waals surface area contributed by atoms with E-state index in [-0.39, 0.29) is 12.6 Å². The number of carbonyl (C=O) groups excluding carboxylic acids is 1. The van der Waals surface area contributed by atoms with Gasteiger partial charge in [0.1, 0.15) is 18.0 Å². The predicted octanol–water partition coefficient (Wildman–Crippen LogP) is -1.22. The van der Waals surface area contributed by atoms with Crippen LogP contribution < -0.4 is 19.7 Å². The van der Waals surface area contributed by atoms with Crippen LogP contribution >= 0.6 is 0 Å². The summed E-state index contributed by atoms with van der Waals surface area (Å²) in [7, 11) is -2.61. The van der Waals surface area contributed by atoms with Gasteiger partial charge in [-0.3, -0.25) is 9.79 Å². The molecule has 2 aliphatic rings. The van der Waals surface area contributed by atoms with E-state index in [1.807, 2.05) is 0 Å². The topological polar surface area (TPSA) is 132 Å². The average molecular weight is 387 g/mol. The molecule has 142 valence electrons. The van der Waals surface area contributed by atoms with Crippen LogP contribution in [0.1, 0.15) is 5.56 Å². The molecule has 1 fully saturated rings. The summed E-state index contributed by atoms with van der Waals surface area (Å²) in [6, 6.07) is 2.31. The van der Waals surface area contributed by atoms with Crippen molar-refractivity contribution in [2.75, 3.05) is 31.0 Å². The average Bonchev–Trinajstić information content (AvgIpc) is 2.85. The molecule has 0 bridgehead atoms. The number of aliphatic imine (C=N–C) groups is 1. The lowest BCUT2D eigenvalue weighted by Crippen LogP contribution is -2.46. The van der Waals surface area contributed by atoms with Crippen molar-refractivity contribution in [3.63, 3.8) is 0 Å². The molecule has 2 heterocycles. The highest BCUT2D eigenvalue weighted by atomic mass is 32.2. The van der Waals surface area contributed by atoms with Crippen LogP contribution in [0.4, 0.5) is 10.1 Å². The Labute approximate surface area is 149 Å². The van der Waals surface area contributed by atoms with E-state index in [0.29, 0.717) is 28.9 Å². The van der Waals surface area contributed by atoms with Gasteiger partial charge in [-0.05, 0) is 17.7 Å². The zero-order valence-corrected chi connectivity index (χ0v) is 14.6. The summed E-state index contributed by atoms with van der Waals surface area (Å²) in [6.07, 6.45) is -0.0138. The monoisotopic (exact) mass is 387 g/mol. The maximum Gasteiger partial charge on any atom is 0.326 e. The molecule has 2 aliphatic heterocycles. The summed E-state index contributed by atoms with van der Waals surface area (Å²) in [5.41, 5.74) is -0.193. The Morgan fingerprint density at radius 3 is 2.81 bits per heavy atom. The summed E-state index contributed by atoms with van der Waals surface area (Å²) >= 11 is 0. The Hall–Kier alpha value is -2.60. The molecule has 1 amide bonds. The molecular weight excluding hydrogens is 369 g/mol. The smallest absolute Gasteiger partial charge is 0.326 e. The van der Waals surface area contributed by atoms with Crippen LogP contribution in [0.15, 0.2) is 17.1 Å². The fourth-order valence-electron chi connectivity index (χ4n) is 2.62. The van der Waals surface area contributed by atoms with Crippen LogP contribution in [0.5, 0.6) is 5.75 Å². The minimum Gasteiger partial charge on any atom is -0.506 e. The van der Waals surface area contributed by atoms with Crippen LogP contribution in [0.2, 0.25) is 0 Å². The number of ether oxygens (including phenoxy) is 1. The van der Waals surface area contributed by atoms with Gasteiger partial charge in [-0.25, -0.2) is 13.4 Å². The number of hydrogen-bond donors (Lipinski definition) is 4. The summed E-state index contributed by atoms with van der Waals surface area (Å²) in [4.78, 5) is 15.5. The van der Waals surface area contributed by atoms with Crippen LogP contribution in [0.25, 0.3) is 0 Å². The van der Waals surface area contributed by atoms with E-state index in [1.54, 1.807) is 11.8 Å². The second kappa shape index (κ2) is 6.96. The number of anilines is 1. The van der Waals surface area contributed by atoms with Crippen molar-refractivity contribution in [3.05, 3.63) is 23.5 Å². The number of phenols is 1. The first-order chi connectivity index (χ1) is 12.3. The molecule has 3 rings (SSSR count). The molecular formula is C14H18FN5O5S. The van der Waals surface area contributed by atoms with Crippen molar-refractivity contribution in [2.24, 2.45) is 4.99 Å². The van der Waals surface area contributed by atoms with Gasteiger partial charge in [0.25, 0.3) is 5.91 Å². The fourth-order valence-corrected chi connectivity index (χ4v) is 3.79. The van der Waals surface area contributed by atoms with Crippen LogP contribution in [-0.2, 0) is 26.3 Å². The Kier molecular flexibility index (Phi) is 4.87. The molecule has 12 heteroatoms. The van der Waals surface area contributed by atoms with Crippen molar-refractivity contribution < 1.29 is 27.4 Å². The number of rotatable bonds is 4. The summed E-state index contributed by atoms with van der Waals surface area (Å²) in [5, 5.41) is 16.1. The molecule has 0 saturated carbocycles. The van der Waals surface area contributed by atoms with E-state index in [0.717, 1.165) is 6.07 Å².